The first-order valence-electron chi connectivity index (χ1n) is 8.61. The Balaban J connectivity index is 1.57. The van der Waals surface area contributed by atoms with E-state index in [-0.39, 0.29) is 35.5 Å². The Kier molecular flexibility index (Phi) is 5.64. The lowest BCUT2D eigenvalue weighted by Crippen LogP contribution is -2.39. The number of nitrogens with zero attached hydrogens (tertiary/aromatic N) is 1. The van der Waals surface area contributed by atoms with Crippen molar-refractivity contribution >= 4 is 21.8 Å². The van der Waals surface area contributed by atoms with Gasteiger partial charge in [-0.2, -0.15) is 4.31 Å². The topological polar surface area (TPSA) is 118 Å². The molecule has 3 rings (SSSR count). The molecule has 0 aromatic carbocycles. The Hall–Kier alpha value is -1.91. The summed E-state index contributed by atoms with van der Waals surface area (Å²) in [7, 11) is -2.70. The van der Waals surface area contributed by atoms with Crippen LogP contribution in [0.1, 0.15) is 36.2 Å². The highest BCUT2D eigenvalue weighted by Crippen LogP contribution is 2.20. The predicted molar refractivity (Wildman–Crippen MR) is 91.0 cm³/mol. The minimum Gasteiger partial charge on any atom is -0.438 e. The van der Waals surface area contributed by atoms with Gasteiger partial charge in [-0.1, -0.05) is 0 Å². The molecule has 2 heterocycles. The van der Waals surface area contributed by atoms with Gasteiger partial charge in [0.2, 0.25) is 11.0 Å². The Morgan fingerprint density at radius 3 is 2.69 bits per heavy atom. The molecule has 1 aliphatic carbocycles. The van der Waals surface area contributed by atoms with Crippen LogP contribution in [-0.4, -0.2) is 63.4 Å². The second-order valence-electron chi connectivity index (χ2n) is 6.57. The number of likely N-dealkylation sites (N-methyl/N-ethyl adjacent to an activating group) is 1. The SMILES string of the molecule is CN(CC(=O)NC1CC1)S(=O)(=O)c1ccc(C(=O)NC[C@@H]2CCCO2)o1. The minimum atomic E-state index is -3.99. The summed E-state index contributed by atoms with van der Waals surface area (Å²) in [6.45, 7) is 0.729. The third-order valence-electron chi connectivity index (χ3n) is 4.29. The normalized spacial score (nSPS) is 20.3. The lowest BCUT2D eigenvalue weighted by Gasteiger charge is -2.15. The summed E-state index contributed by atoms with van der Waals surface area (Å²) in [6, 6.07) is 2.67. The zero-order valence-corrected chi connectivity index (χ0v) is 15.4. The van der Waals surface area contributed by atoms with Crippen LogP contribution < -0.4 is 10.6 Å². The summed E-state index contributed by atoms with van der Waals surface area (Å²) in [4.78, 5) is 23.9. The van der Waals surface area contributed by atoms with Gasteiger partial charge >= 0.3 is 0 Å². The zero-order valence-electron chi connectivity index (χ0n) is 14.6. The maximum atomic E-state index is 12.5. The number of ether oxygens (including phenoxy) is 1. The van der Waals surface area contributed by atoms with Gasteiger partial charge in [0.05, 0.1) is 12.6 Å². The largest absolute Gasteiger partial charge is 0.438 e. The van der Waals surface area contributed by atoms with Crippen LogP contribution in [0.4, 0.5) is 0 Å². The van der Waals surface area contributed by atoms with Crippen molar-refractivity contribution in [3.63, 3.8) is 0 Å². The lowest BCUT2D eigenvalue weighted by atomic mass is 10.2. The van der Waals surface area contributed by atoms with Crippen molar-refractivity contribution in [2.24, 2.45) is 0 Å². The standard InChI is InChI=1S/C16H23N3O6S/c1-19(10-14(20)18-11-4-5-11)26(22,23)15-7-6-13(25-15)16(21)17-9-12-3-2-8-24-12/h6-7,11-12H,2-5,8-10H2,1H3,(H,17,21)(H,18,20)/t12-/m0/s1. The van der Waals surface area contributed by atoms with Crippen molar-refractivity contribution in [1.29, 1.82) is 0 Å². The number of hydrogen-bond donors (Lipinski definition) is 2. The van der Waals surface area contributed by atoms with E-state index in [0.717, 1.165) is 30.0 Å². The Morgan fingerprint density at radius 2 is 2.04 bits per heavy atom. The van der Waals surface area contributed by atoms with E-state index in [9.17, 15) is 18.0 Å². The fourth-order valence-corrected chi connectivity index (χ4v) is 3.65. The molecule has 2 aliphatic rings. The first-order valence-corrected chi connectivity index (χ1v) is 10.1. The van der Waals surface area contributed by atoms with E-state index in [0.29, 0.717) is 13.2 Å². The first-order chi connectivity index (χ1) is 12.4. The minimum absolute atomic E-state index is 0.0202. The second-order valence-corrected chi connectivity index (χ2v) is 8.54. The van der Waals surface area contributed by atoms with Crippen molar-refractivity contribution in [3.8, 4) is 0 Å². The van der Waals surface area contributed by atoms with Gasteiger partial charge in [-0.15, -0.1) is 0 Å². The number of carbonyl (C=O) groups is 2. The fourth-order valence-electron chi connectivity index (χ4n) is 2.62. The van der Waals surface area contributed by atoms with Crippen molar-refractivity contribution in [1.82, 2.24) is 14.9 Å². The van der Waals surface area contributed by atoms with E-state index in [1.807, 2.05) is 0 Å². The number of furan rings is 1. The van der Waals surface area contributed by atoms with Crippen LogP contribution in [-0.2, 0) is 19.6 Å². The molecule has 1 aromatic heterocycles. The molecule has 26 heavy (non-hydrogen) atoms. The molecule has 1 saturated heterocycles. The van der Waals surface area contributed by atoms with E-state index in [1.54, 1.807) is 0 Å². The van der Waals surface area contributed by atoms with Crippen LogP contribution in [0.15, 0.2) is 21.6 Å². The van der Waals surface area contributed by atoms with Gasteiger partial charge in [-0.05, 0) is 37.8 Å². The zero-order chi connectivity index (χ0) is 18.7. The van der Waals surface area contributed by atoms with Gasteiger partial charge in [0.15, 0.2) is 5.76 Å². The molecule has 2 fully saturated rings. The quantitative estimate of drug-likeness (QED) is 0.655. The number of carbonyl (C=O) groups excluding carboxylic acids is 2. The van der Waals surface area contributed by atoms with E-state index in [2.05, 4.69) is 10.6 Å². The van der Waals surface area contributed by atoms with Crippen molar-refractivity contribution in [3.05, 3.63) is 17.9 Å². The Bertz CT molecular complexity index is 765. The monoisotopic (exact) mass is 385 g/mol. The van der Waals surface area contributed by atoms with E-state index >= 15 is 0 Å². The molecule has 0 bridgehead atoms. The van der Waals surface area contributed by atoms with Gasteiger partial charge in [0.25, 0.3) is 15.9 Å². The fraction of sp³-hybridized carbons (Fsp3) is 0.625. The molecule has 1 atom stereocenters. The molecule has 0 unspecified atom stereocenters. The lowest BCUT2D eigenvalue weighted by molar-refractivity contribution is -0.121. The first kappa shape index (κ1) is 18.9. The molecule has 10 heteroatoms. The number of sulfonamides is 1. The molecular formula is C16H23N3O6S. The van der Waals surface area contributed by atoms with Crippen LogP contribution in [0.25, 0.3) is 0 Å². The number of rotatable bonds is 8. The van der Waals surface area contributed by atoms with Crippen LogP contribution in [0.2, 0.25) is 0 Å². The molecular weight excluding hydrogens is 362 g/mol. The van der Waals surface area contributed by atoms with E-state index in [1.165, 1.54) is 19.2 Å². The number of hydrogen-bond acceptors (Lipinski definition) is 6. The molecule has 0 radical (unpaired) electrons. The molecule has 144 valence electrons. The van der Waals surface area contributed by atoms with Crippen LogP contribution in [0.3, 0.4) is 0 Å². The van der Waals surface area contributed by atoms with E-state index in [4.69, 9.17) is 9.15 Å². The van der Waals surface area contributed by atoms with Crippen LogP contribution >= 0.6 is 0 Å². The van der Waals surface area contributed by atoms with Crippen molar-refractivity contribution in [2.45, 2.75) is 42.9 Å². The van der Waals surface area contributed by atoms with Gasteiger partial charge in [-0.25, -0.2) is 8.42 Å². The summed E-state index contributed by atoms with van der Waals surface area (Å²) < 4.78 is 36.5. The summed E-state index contributed by atoms with van der Waals surface area (Å²) in [5.74, 6) is -0.965. The number of nitrogens with one attached hydrogen (secondary N) is 2. The number of amides is 2. The third kappa shape index (κ3) is 4.63. The molecule has 2 amide bonds. The average Bonchev–Trinajstić information content (AvgIpc) is 3.07. The van der Waals surface area contributed by atoms with Crippen molar-refractivity contribution in [2.75, 3.05) is 26.7 Å². The average molecular weight is 385 g/mol. The highest BCUT2D eigenvalue weighted by Gasteiger charge is 2.30. The summed E-state index contributed by atoms with van der Waals surface area (Å²) in [5.41, 5.74) is 0. The van der Waals surface area contributed by atoms with Gasteiger partial charge in [0.1, 0.15) is 0 Å². The molecule has 2 N–H and O–H groups in total. The molecule has 1 aliphatic heterocycles. The molecule has 1 aromatic rings. The summed E-state index contributed by atoms with van der Waals surface area (Å²) >= 11 is 0. The van der Waals surface area contributed by atoms with Gasteiger partial charge in [-0.3, -0.25) is 9.59 Å². The van der Waals surface area contributed by atoms with E-state index < -0.39 is 15.9 Å². The molecule has 9 nitrogen and oxygen atoms in total. The predicted octanol–water partition coefficient (Wildman–Crippen LogP) is 0.0875. The maximum Gasteiger partial charge on any atom is 0.287 e. The van der Waals surface area contributed by atoms with Gasteiger partial charge in [0, 0.05) is 26.2 Å². The summed E-state index contributed by atoms with van der Waals surface area (Å²) in [6.07, 6.45) is 3.67. The summed E-state index contributed by atoms with van der Waals surface area (Å²) in [5, 5.41) is 5.02. The maximum absolute atomic E-state index is 12.5. The van der Waals surface area contributed by atoms with Crippen molar-refractivity contribution < 1.29 is 27.2 Å². The Morgan fingerprint density at radius 1 is 1.27 bits per heavy atom. The second kappa shape index (κ2) is 7.77. The smallest absolute Gasteiger partial charge is 0.287 e. The highest BCUT2D eigenvalue weighted by molar-refractivity contribution is 7.89. The third-order valence-corrected chi connectivity index (χ3v) is 5.97. The molecule has 1 saturated carbocycles. The highest BCUT2D eigenvalue weighted by atomic mass is 32.2. The van der Waals surface area contributed by atoms with Crippen LogP contribution in [0, 0.1) is 0 Å². The van der Waals surface area contributed by atoms with Gasteiger partial charge < -0.3 is 19.8 Å². The Labute approximate surface area is 152 Å². The van der Waals surface area contributed by atoms with Crippen LogP contribution in [0.5, 0.6) is 0 Å². The molecule has 0 spiro atoms.